The first kappa shape index (κ1) is 12.3. The standard InChI is InChI=1S/C15H14FNO/c1-10-3-4-11(2)14(9-10)15(18)17-13-7-5-12(16)6-8-13/h3-9H,1-2H3,(H,17,18). The summed E-state index contributed by atoms with van der Waals surface area (Å²) in [5.74, 6) is -0.498. The number of rotatable bonds is 2. The number of halogens is 1. The van der Waals surface area contributed by atoms with Gasteiger partial charge in [-0.05, 0) is 49.7 Å². The maximum Gasteiger partial charge on any atom is 0.255 e. The van der Waals surface area contributed by atoms with Crippen molar-refractivity contribution in [2.45, 2.75) is 13.8 Å². The molecule has 3 heteroatoms. The molecule has 0 saturated heterocycles. The van der Waals surface area contributed by atoms with Gasteiger partial charge in [-0.3, -0.25) is 4.79 Å². The van der Waals surface area contributed by atoms with Crippen LogP contribution in [0.2, 0.25) is 0 Å². The second-order valence-electron chi connectivity index (χ2n) is 4.28. The third-order valence-corrected chi connectivity index (χ3v) is 2.74. The highest BCUT2D eigenvalue weighted by molar-refractivity contribution is 6.05. The molecule has 0 bridgehead atoms. The van der Waals surface area contributed by atoms with Crippen LogP contribution >= 0.6 is 0 Å². The molecule has 1 amide bonds. The topological polar surface area (TPSA) is 29.1 Å². The van der Waals surface area contributed by atoms with E-state index < -0.39 is 0 Å². The lowest BCUT2D eigenvalue weighted by Gasteiger charge is -2.08. The number of carbonyl (C=O) groups is 1. The van der Waals surface area contributed by atoms with Gasteiger partial charge in [-0.15, -0.1) is 0 Å². The summed E-state index contributed by atoms with van der Waals surface area (Å²) in [5, 5.41) is 2.75. The summed E-state index contributed by atoms with van der Waals surface area (Å²) < 4.78 is 12.8. The van der Waals surface area contributed by atoms with Crippen molar-refractivity contribution in [3.05, 3.63) is 65.0 Å². The number of aryl methyl sites for hydroxylation is 2. The Kier molecular flexibility index (Phi) is 3.42. The maximum absolute atomic E-state index is 12.8. The lowest BCUT2D eigenvalue weighted by Crippen LogP contribution is -2.13. The molecule has 0 heterocycles. The van der Waals surface area contributed by atoms with E-state index in [1.807, 2.05) is 32.0 Å². The van der Waals surface area contributed by atoms with Crippen molar-refractivity contribution in [3.63, 3.8) is 0 Å². The molecule has 0 aliphatic rings. The van der Waals surface area contributed by atoms with Crippen LogP contribution in [0.3, 0.4) is 0 Å². The largest absolute Gasteiger partial charge is 0.322 e. The van der Waals surface area contributed by atoms with Crippen LogP contribution in [-0.4, -0.2) is 5.91 Å². The summed E-state index contributed by atoms with van der Waals surface area (Å²) >= 11 is 0. The SMILES string of the molecule is Cc1ccc(C)c(C(=O)Nc2ccc(F)cc2)c1. The number of amides is 1. The summed E-state index contributed by atoms with van der Waals surface area (Å²) in [6.07, 6.45) is 0. The molecular formula is C15H14FNO. The Morgan fingerprint density at radius 3 is 2.39 bits per heavy atom. The predicted octanol–water partition coefficient (Wildman–Crippen LogP) is 3.69. The van der Waals surface area contributed by atoms with E-state index in [9.17, 15) is 9.18 Å². The fourth-order valence-electron chi connectivity index (χ4n) is 1.71. The molecule has 0 fully saturated rings. The van der Waals surface area contributed by atoms with Crippen molar-refractivity contribution in [2.75, 3.05) is 5.32 Å². The zero-order chi connectivity index (χ0) is 13.1. The van der Waals surface area contributed by atoms with E-state index in [0.29, 0.717) is 11.3 Å². The normalized spacial score (nSPS) is 10.2. The molecule has 2 nitrogen and oxygen atoms in total. The number of hydrogen-bond acceptors (Lipinski definition) is 1. The molecule has 0 saturated carbocycles. The molecule has 0 unspecified atom stereocenters. The Morgan fingerprint density at radius 1 is 1.06 bits per heavy atom. The van der Waals surface area contributed by atoms with Gasteiger partial charge in [0.15, 0.2) is 0 Å². The van der Waals surface area contributed by atoms with E-state index in [1.54, 1.807) is 12.1 Å². The van der Waals surface area contributed by atoms with Gasteiger partial charge in [0.2, 0.25) is 0 Å². The highest BCUT2D eigenvalue weighted by Gasteiger charge is 2.09. The predicted molar refractivity (Wildman–Crippen MR) is 70.3 cm³/mol. The lowest BCUT2D eigenvalue weighted by molar-refractivity contribution is 0.102. The first-order chi connectivity index (χ1) is 8.56. The van der Waals surface area contributed by atoms with Gasteiger partial charge in [0.25, 0.3) is 5.91 Å². The summed E-state index contributed by atoms with van der Waals surface area (Å²) in [4.78, 5) is 12.1. The minimum Gasteiger partial charge on any atom is -0.322 e. The molecule has 0 spiro atoms. The third-order valence-electron chi connectivity index (χ3n) is 2.74. The average Bonchev–Trinajstić information content (AvgIpc) is 2.35. The zero-order valence-corrected chi connectivity index (χ0v) is 10.3. The van der Waals surface area contributed by atoms with Crippen LogP contribution in [0.25, 0.3) is 0 Å². The van der Waals surface area contributed by atoms with Crippen molar-refractivity contribution in [2.24, 2.45) is 0 Å². The smallest absolute Gasteiger partial charge is 0.255 e. The van der Waals surface area contributed by atoms with Gasteiger partial charge in [-0.2, -0.15) is 0 Å². The van der Waals surface area contributed by atoms with Crippen LogP contribution in [0.15, 0.2) is 42.5 Å². The molecule has 0 aromatic heterocycles. The minimum atomic E-state index is -0.320. The quantitative estimate of drug-likeness (QED) is 0.856. The number of carbonyl (C=O) groups excluding carboxylic acids is 1. The van der Waals surface area contributed by atoms with E-state index in [2.05, 4.69) is 5.32 Å². The highest BCUT2D eigenvalue weighted by atomic mass is 19.1. The number of benzene rings is 2. The van der Waals surface area contributed by atoms with Crippen LogP contribution in [0.4, 0.5) is 10.1 Å². The molecule has 1 N–H and O–H groups in total. The molecule has 2 aromatic carbocycles. The van der Waals surface area contributed by atoms with Gasteiger partial charge in [0.1, 0.15) is 5.82 Å². The van der Waals surface area contributed by atoms with E-state index in [4.69, 9.17) is 0 Å². The molecular weight excluding hydrogens is 229 g/mol. The lowest BCUT2D eigenvalue weighted by atomic mass is 10.1. The molecule has 2 rings (SSSR count). The number of anilines is 1. The number of nitrogens with one attached hydrogen (secondary N) is 1. The summed E-state index contributed by atoms with van der Waals surface area (Å²) in [7, 11) is 0. The second kappa shape index (κ2) is 5.00. The molecule has 0 atom stereocenters. The molecule has 0 aliphatic heterocycles. The first-order valence-electron chi connectivity index (χ1n) is 5.70. The Balaban J connectivity index is 2.21. The van der Waals surface area contributed by atoms with Crippen molar-refractivity contribution < 1.29 is 9.18 Å². The minimum absolute atomic E-state index is 0.178. The first-order valence-corrected chi connectivity index (χ1v) is 5.70. The van der Waals surface area contributed by atoms with Crippen molar-refractivity contribution in [1.29, 1.82) is 0 Å². The number of hydrogen-bond donors (Lipinski definition) is 1. The maximum atomic E-state index is 12.8. The van der Waals surface area contributed by atoms with Crippen LogP contribution in [0.5, 0.6) is 0 Å². The fourth-order valence-corrected chi connectivity index (χ4v) is 1.71. The van der Waals surface area contributed by atoms with Gasteiger partial charge < -0.3 is 5.32 Å². The van der Waals surface area contributed by atoms with E-state index in [0.717, 1.165) is 11.1 Å². The molecule has 0 aliphatic carbocycles. The highest BCUT2D eigenvalue weighted by Crippen LogP contribution is 2.14. The average molecular weight is 243 g/mol. The summed E-state index contributed by atoms with van der Waals surface area (Å²) in [6.45, 7) is 3.83. The van der Waals surface area contributed by atoms with E-state index >= 15 is 0 Å². The monoisotopic (exact) mass is 243 g/mol. The van der Waals surface area contributed by atoms with Crippen molar-refractivity contribution >= 4 is 11.6 Å². The molecule has 18 heavy (non-hydrogen) atoms. The Morgan fingerprint density at radius 2 is 1.72 bits per heavy atom. The van der Waals surface area contributed by atoms with Crippen LogP contribution < -0.4 is 5.32 Å². The van der Waals surface area contributed by atoms with Gasteiger partial charge >= 0.3 is 0 Å². The van der Waals surface area contributed by atoms with Gasteiger partial charge in [-0.1, -0.05) is 17.7 Å². The molecule has 0 radical (unpaired) electrons. The Labute approximate surface area is 105 Å². The van der Waals surface area contributed by atoms with E-state index in [-0.39, 0.29) is 11.7 Å². The van der Waals surface area contributed by atoms with Crippen molar-refractivity contribution in [3.8, 4) is 0 Å². The van der Waals surface area contributed by atoms with E-state index in [1.165, 1.54) is 12.1 Å². The summed E-state index contributed by atoms with van der Waals surface area (Å²) in [6, 6.07) is 11.4. The third kappa shape index (κ3) is 2.74. The van der Waals surface area contributed by atoms with Crippen LogP contribution in [0.1, 0.15) is 21.5 Å². The Bertz CT molecular complexity index is 576. The zero-order valence-electron chi connectivity index (χ0n) is 10.3. The van der Waals surface area contributed by atoms with Gasteiger partial charge in [0.05, 0.1) is 0 Å². The second-order valence-corrected chi connectivity index (χ2v) is 4.28. The van der Waals surface area contributed by atoms with Crippen molar-refractivity contribution in [1.82, 2.24) is 0 Å². The van der Waals surface area contributed by atoms with Gasteiger partial charge in [0, 0.05) is 11.3 Å². The Hall–Kier alpha value is -2.16. The van der Waals surface area contributed by atoms with Crippen LogP contribution in [0, 0.1) is 19.7 Å². The molecule has 92 valence electrons. The fraction of sp³-hybridized carbons (Fsp3) is 0.133. The summed E-state index contributed by atoms with van der Waals surface area (Å²) in [5.41, 5.74) is 3.17. The van der Waals surface area contributed by atoms with Gasteiger partial charge in [-0.25, -0.2) is 4.39 Å². The molecule has 2 aromatic rings. The van der Waals surface area contributed by atoms with Crippen LogP contribution in [-0.2, 0) is 0 Å².